The Morgan fingerprint density at radius 2 is 1.85 bits per heavy atom. The van der Waals surface area contributed by atoms with Crippen LogP contribution in [0.15, 0.2) is 12.1 Å². The van der Waals surface area contributed by atoms with Crippen LogP contribution < -0.4 is 5.32 Å². The first-order valence-electron chi connectivity index (χ1n) is 6.83. The average molecular weight is 305 g/mol. The number of hydrogen-bond donors (Lipinski definition) is 2. The highest BCUT2D eigenvalue weighted by Crippen LogP contribution is 2.32. The topological polar surface area (TPSA) is 35.5 Å². The Balaban J connectivity index is 2.29. The summed E-state index contributed by atoms with van der Waals surface area (Å²) in [5, 5.41) is 12.3. The summed E-state index contributed by atoms with van der Waals surface area (Å²) >= 11 is 5.67. The van der Waals surface area contributed by atoms with Gasteiger partial charge in [-0.1, -0.05) is 11.6 Å². The number of piperazine rings is 1. The molecule has 6 heteroatoms. The minimum Gasteiger partial charge on any atom is -0.396 e. The molecule has 0 radical (unpaired) electrons. The molecule has 1 saturated heterocycles. The van der Waals surface area contributed by atoms with E-state index >= 15 is 0 Å². The molecule has 1 heterocycles. The van der Waals surface area contributed by atoms with Crippen molar-refractivity contribution in [3.8, 4) is 0 Å². The van der Waals surface area contributed by atoms with E-state index in [0.29, 0.717) is 12.8 Å². The van der Waals surface area contributed by atoms with Crippen LogP contribution in [0.5, 0.6) is 0 Å². The van der Waals surface area contributed by atoms with Crippen LogP contribution in [-0.4, -0.2) is 42.8 Å². The molecule has 1 atom stereocenters. The highest BCUT2D eigenvalue weighted by atomic mass is 35.5. The Labute approximate surface area is 122 Å². The van der Waals surface area contributed by atoms with Crippen molar-refractivity contribution in [1.29, 1.82) is 0 Å². The fourth-order valence-electron chi connectivity index (χ4n) is 2.66. The van der Waals surface area contributed by atoms with Gasteiger partial charge in [-0.15, -0.1) is 0 Å². The molecule has 1 aromatic rings. The normalized spacial score (nSPS) is 18.2. The zero-order chi connectivity index (χ0) is 14.5. The summed E-state index contributed by atoms with van der Waals surface area (Å²) in [5.41, 5.74) is 0.0600. The lowest BCUT2D eigenvalue weighted by molar-refractivity contribution is 0.148. The number of hydrogen-bond acceptors (Lipinski definition) is 3. The maximum absolute atomic E-state index is 14.1. The second kappa shape index (κ2) is 7.31. The molecule has 1 aliphatic heterocycles. The molecular weight excluding hydrogens is 286 g/mol. The van der Waals surface area contributed by atoms with Crippen molar-refractivity contribution in [2.24, 2.45) is 0 Å². The van der Waals surface area contributed by atoms with Crippen molar-refractivity contribution in [3.63, 3.8) is 0 Å². The van der Waals surface area contributed by atoms with Crippen molar-refractivity contribution >= 4 is 11.6 Å². The van der Waals surface area contributed by atoms with E-state index in [-0.39, 0.29) is 23.2 Å². The predicted molar refractivity (Wildman–Crippen MR) is 74.9 cm³/mol. The van der Waals surface area contributed by atoms with Gasteiger partial charge in [0.05, 0.1) is 0 Å². The van der Waals surface area contributed by atoms with Crippen molar-refractivity contribution in [1.82, 2.24) is 10.2 Å². The molecule has 0 saturated carbocycles. The van der Waals surface area contributed by atoms with Crippen molar-refractivity contribution in [3.05, 3.63) is 34.4 Å². The van der Waals surface area contributed by atoms with Gasteiger partial charge >= 0.3 is 0 Å². The van der Waals surface area contributed by atoms with Gasteiger partial charge in [-0.05, 0) is 25.0 Å². The monoisotopic (exact) mass is 304 g/mol. The number of nitrogens with zero attached hydrogens (tertiary/aromatic N) is 1. The molecular formula is C14H19ClF2N2O. The molecule has 0 amide bonds. The molecule has 1 aliphatic rings. The summed E-state index contributed by atoms with van der Waals surface area (Å²) in [4.78, 5) is 2.06. The van der Waals surface area contributed by atoms with Gasteiger partial charge in [0.1, 0.15) is 11.6 Å². The fourth-order valence-corrected chi connectivity index (χ4v) is 2.85. The van der Waals surface area contributed by atoms with Crippen LogP contribution in [0.4, 0.5) is 8.78 Å². The molecule has 2 rings (SSSR count). The van der Waals surface area contributed by atoms with Crippen LogP contribution in [0.1, 0.15) is 24.4 Å². The minimum atomic E-state index is -0.614. The molecule has 2 N–H and O–H groups in total. The lowest BCUT2D eigenvalue weighted by Gasteiger charge is -2.35. The van der Waals surface area contributed by atoms with Gasteiger partial charge < -0.3 is 10.4 Å². The Kier molecular flexibility index (Phi) is 5.72. The molecule has 3 nitrogen and oxygen atoms in total. The zero-order valence-electron chi connectivity index (χ0n) is 11.2. The van der Waals surface area contributed by atoms with Crippen LogP contribution >= 0.6 is 11.6 Å². The molecule has 0 spiro atoms. The van der Waals surface area contributed by atoms with Gasteiger partial charge in [0.15, 0.2) is 0 Å². The largest absolute Gasteiger partial charge is 0.396 e. The van der Waals surface area contributed by atoms with Crippen molar-refractivity contribution in [2.75, 3.05) is 32.8 Å². The van der Waals surface area contributed by atoms with Crippen molar-refractivity contribution in [2.45, 2.75) is 18.9 Å². The Morgan fingerprint density at radius 1 is 1.25 bits per heavy atom. The summed E-state index contributed by atoms with van der Waals surface area (Å²) < 4.78 is 28.2. The van der Waals surface area contributed by atoms with Gasteiger partial charge in [0.2, 0.25) is 0 Å². The zero-order valence-corrected chi connectivity index (χ0v) is 12.0. The van der Waals surface area contributed by atoms with E-state index < -0.39 is 11.6 Å². The third-order valence-corrected chi connectivity index (χ3v) is 3.82. The quantitative estimate of drug-likeness (QED) is 0.876. The number of aliphatic hydroxyl groups is 1. The van der Waals surface area contributed by atoms with Gasteiger partial charge in [-0.2, -0.15) is 0 Å². The van der Waals surface area contributed by atoms with E-state index in [4.69, 9.17) is 16.7 Å². The first-order chi connectivity index (χ1) is 9.63. The standard InChI is InChI=1S/C14H19ClF2N2O/c15-10-8-11(16)14(12(17)9-10)13(2-1-7-20)19-5-3-18-4-6-19/h8-9,13,18,20H,1-7H2/t13-/m0/s1. The van der Waals surface area contributed by atoms with E-state index in [0.717, 1.165) is 38.3 Å². The van der Waals surface area contributed by atoms with Crippen molar-refractivity contribution < 1.29 is 13.9 Å². The summed E-state index contributed by atoms with van der Waals surface area (Å²) in [6, 6.07) is 1.93. The third-order valence-electron chi connectivity index (χ3n) is 3.61. The first kappa shape index (κ1) is 15.6. The molecule has 0 unspecified atom stereocenters. The number of rotatable bonds is 5. The van der Waals surface area contributed by atoms with E-state index in [1.54, 1.807) is 0 Å². The number of aliphatic hydroxyl groups excluding tert-OH is 1. The van der Waals surface area contributed by atoms with Crippen LogP contribution in [0.25, 0.3) is 0 Å². The van der Waals surface area contributed by atoms with E-state index in [9.17, 15) is 8.78 Å². The highest BCUT2D eigenvalue weighted by molar-refractivity contribution is 6.30. The molecule has 0 aromatic heterocycles. The minimum absolute atomic E-state index is 0.0133. The fraction of sp³-hybridized carbons (Fsp3) is 0.571. The molecule has 20 heavy (non-hydrogen) atoms. The number of halogens is 3. The molecule has 0 aliphatic carbocycles. The van der Waals surface area contributed by atoms with Gasteiger partial charge in [0, 0.05) is 49.4 Å². The summed E-state index contributed by atoms with van der Waals surface area (Å²) in [5.74, 6) is -1.23. The Bertz CT molecular complexity index is 430. The van der Waals surface area contributed by atoms with Gasteiger partial charge in [-0.25, -0.2) is 8.78 Å². The maximum Gasteiger partial charge on any atom is 0.132 e. The van der Waals surface area contributed by atoms with Crippen LogP contribution in [0.3, 0.4) is 0 Å². The van der Waals surface area contributed by atoms with E-state index in [1.165, 1.54) is 0 Å². The summed E-state index contributed by atoms with van der Waals surface area (Å²) in [6.07, 6.45) is 1.03. The average Bonchev–Trinajstić information content (AvgIpc) is 2.42. The summed E-state index contributed by atoms with van der Waals surface area (Å²) in [7, 11) is 0. The Hall–Kier alpha value is -0.750. The smallest absolute Gasteiger partial charge is 0.132 e. The van der Waals surface area contributed by atoms with Gasteiger partial charge in [-0.3, -0.25) is 4.90 Å². The lowest BCUT2D eigenvalue weighted by Crippen LogP contribution is -2.45. The first-order valence-corrected chi connectivity index (χ1v) is 7.21. The van der Waals surface area contributed by atoms with E-state index in [1.807, 2.05) is 0 Å². The van der Waals surface area contributed by atoms with Crippen LogP contribution in [-0.2, 0) is 0 Å². The van der Waals surface area contributed by atoms with Crippen LogP contribution in [0.2, 0.25) is 5.02 Å². The summed E-state index contributed by atoms with van der Waals surface area (Å²) in [6.45, 7) is 3.08. The second-order valence-corrected chi connectivity index (χ2v) is 5.39. The third kappa shape index (κ3) is 3.67. The molecule has 0 bridgehead atoms. The van der Waals surface area contributed by atoms with E-state index in [2.05, 4.69) is 10.2 Å². The highest BCUT2D eigenvalue weighted by Gasteiger charge is 2.27. The SMILES string of the molecule is OCCC[C@@H](c1c(F)cc(Cl)cc1F)N1CCNCC1. The predicted octanol–water partition coefficient (Wildman–Crippen LogP) is 2.34. The molecule has 1 aromatic carbocycles. The second-order valence-electron chi connectivity index (χ2n) is 4.95. The molecule has 1 fully saturated rings. The van der Waals surface area contributed by atoms with Gasteiger partial charge in [0.25, 0.3) is 0 Å². The Morgan fingerprint density at radius 3 is 2.40 bits per heavy atom. The number of benzene rings is 1. The number of nitrogens with one attached hydrogen (secondary N) is 1. The molecule has 112 valence electrons. The van der Waals surface area contributed by atoms with Crippen LogP contribution in [0, 0.1) is 11.6 Å². The lowest BCUT2D eigenvalue weighted by atomic mass is 9.98. The maximum atomic E-state index is 14.1.